The van der Waals surface area contributed by atoms with Crippen LogP contribution in [0.5, 0.6) is 0 Å². The molecule has 3 rings (SSSR count). The van der Waals surface area contributed by atoms with Gasteiger partial charge in [0.15, 0.2) is 0 Å². The summed E-state index contributed by atoms with van der Waals surface area (Å²) < 4.78 is 0.975. The standard InChI is InChI=1S/C16H14BrNOS/c1-11-6-7-12(10-13(11)17)16(19)18-8-9-20-15-5-3-2-4-14(15)18/h2-7,10H,8-9H2,1H3. The average Bonchev–Trinajstić information content (AvgIpc) is 2.49. The highest BCUT2D eigenvalue weighted by Crippen LogP contribution is 2.35. The second-order valence-corrected chi connectivity index (χ2v) is 6.73. The third-order valence-corrected chi connectivity index (χ3v) is 5.29. The van der Waals surface area contributed by atoms with Crippen LogP contribution in [0.15, 0.2) is 51.8 Å². The number of amides is 1. The van der Waals surface area contributed by atoms with Crippen LogP contribution in [-0.2, 0) is 0 Å². The zero-order valence-corrected chi connectivity index (χ0v) is 13.5. The maximum absolute atomic E-state index is 12.7. The minimum absolute atomic E-state index is 0.0680. The van der Waals surface area contributed by atoms with Crippen molar-refractivity contribution in [1.29, 1.82) is 0 Å². The molecule has 0 atom stereocenters. The van der Waals surface area contributed by atoms with E-state index < -0.39 is 0 Å². The van der Waals surface area contributed by atoms with Gasteiger partial charge in [0.05, 0.1) is 5.69 Å². The molecule has 0 N–H and O–H groups in total. The summed E-state index contributed by atoms with van der Waals surface area (Å²) in [5, 5.41) is 0. The summed E-state index contributed by atoms with van der Waals surface area (Å²) in [5.74, 6) is 1.01. The van der Waals surface area contributed by atoms with Crippen molar-refractivity contribution in [1.82, 2.24) is 0 Å². The van der Waals surface area contributed by atoms with Crippen molar-refractivity contribution in [3.63, 3.8) is 0 Å². The number of carbonyl (C=O) groups is 1. The molecule has 1 aliphatic rings. The topological polar surface area (TPSA) is 20.3 Å². The average molecular weight is 348 g/mol. The molecule has 20 heavy (non-hydrogen) atoms. The van der Waals surface area contributed by atoms with Crippen LogP contribution in [0.1, 0.15) is 15.9 Å². The predicted octanol–water partition coefficient (Wildman–Crippen LogP) is 4.51. The van der Waals surface area contributed by atoms with Crippen LogP contribution in [0.3, 0.4) is 0 Å². The number of hydrogen-bond acceptors (Lipinski definition) is 2. The minimum Gasteiger partial charge on any atom is -0.306 e. The quantitative estimate of drug-likeness (QED) is 0.756. The summed E-state index contributed by atoms with van der Waals surface area (Å²) in [5.41, 5.74) is 2.88. The number of anilines is 1. The van der Waals surface area contributed by atoms with Crippen molar-refractivity contribution in [2.75, 3.05) is 17.2 Å². The number of nitrogens with zero attached hydrogens (tertiary/aromatic N) is 1. The van der Waals surface area contributed by atoms with Crippen molar-refractivity contribution in [3.05, 3.63) is 58.1 Å². The predicted molar refractivity (Wildman–Crippen MR) is 87.7 cm³/mol. The van der Waals surface area contributed by atoms with Crippen LogP contribution in [0.2, 0.25) is 0 Å². The number of aryl methyl sites for hydroxylation is 1. The van der Waals surface area contributed by atoms with Crippen molar-refractivity contribution < 1.29 is 4.79 Å². The minimum atomic E-state index is 0.0680. The molecule has 2 nitrogen and oxygen atoms in total. The Hall–Kier alpha value is -1.26. The lowest BCUT2D eigenvalue weighted by Crippen LogP contribution is -2.35. The molecule has 1 aliphatic heterocycles. The Morgan fingerprint density at radius 3 is 2.85 bits per heavy atom. The van der Waals surface area contributed by atoms with E-state index in [4.69, 9.17) is 0 Å². The van der Waals surface area contributed by atoms with E-state index in [0.717, 1.165) is 33.6 Å². The van der Waals surface area contributed by atoms with Crippen LogP contribution in [0.25, 0.3) is 0 Å². The Bertz CT molecular complexity index is 671. The van der Waals surface area contributed by atoms with E-state index in [1.807, 2.05) is 60.0 Å². The first-order valence-corrected chi connectivity index (χ1v) is 8.24. The van der Waals surface area contributed by atoms with E-state index in [2.05, 4.69) is 22.0 Å². The number of thioether (sulfide) groups is 1. The second-order valence-electron chi connectivity index (χ2n) is 4.74. The molecule has 0 radical (unpaired) electrons. The highest BCUT2D eigenvalue weighted by molar-refractivity contribution is 9.10. The maximum Gasteiger partial charge on any atom is 0.258 e. The Labute approximate surface area is 131 Å². The van der Waals surface area contributed by atoms with Gasteiger partial charge in [0.25, 0.3) is 5.91 Å². The van der Waals surface area contributed by atoms with Gasteiger partial charge in [-0.1, -0.05) is 34.1 Å². The molecule has 0 bridgehead atoms. The van der Waals surface area contributed by atoms with Crippen LogP contribution < -0.4 is 4.90 Å². The zero-order valence-electron chi connectivity index (χ0n) is 11.1. The lowest BCUT2D eigenvalue weighted by Gasteiger charge is -2.29. The number of halogens is 1. The zero-order chi connectivity index (χ0) is 14.1. The Morgan fingerprint density at radius 1 is 1.25 bits per heavy atom. The van der Waals surface area contributed by atoms with Gasteiger partial charge in [-0.15, -0.1) is 11.8 Å². The number of para-hydroxylation sites is 1. The Kier molecular flexibility index (Phi) is 3.85. The molecule has 1 amide bonds. The fourth-order valence-corrected chi connectivity index (χ4v) is 3.64. The fourth-order valence-electron chi connectivity index (χ4n) is 2.26. The van der Waals surface area contributed by atoms with Crippen molar-refractivity contribution in [2.45, 2.75) is 11.8 Å². The maximum atomic E-state index is 12.7. The van der Waals surface area contributed by atoms with Gasteiger partial charge in [-0.25, -0.2) is 0 Å². The summed E-state index contributed by atoms with van der Waals surface area (Å²) in [6.45, 7) is 2.77. The number of carbonyl (C=O) groups excluding carboxylic acids is 1. The van der Waals surface area contributed by atoms with Gasteiger partial charge in [0.2, 0.25) is 0 Å². The highest BCUT2D eigenvalue weighted by atomic mass is 79.9. The molecule has 2 aromatic rings. The Morgan fingerprint density at radius 2 is 2.05 bits per heavy atom. The van der Waals surface area contributed by atoms with Crippen LogP contribution in [0.4, 0.5) is 5.69 Å². The molecular formula is C16H14BrNOS. The van der Waals surface area contributed by atoms with E-state index >= 15 is 0 Å². The molecule has 2 aromatic carbocycles. The lowest BCUT2D eigenvalue weighted by molar-refractivity contribution is 0.0987. The van der Waals surface area contributed by atoms with E-state index in [0.29, 0.717) is 0 Å². The summed E-state index contributed by atoms with van der Waals surface area (Å²) in [6.07, 6.45) is 0. The first-order valence-electron chi connectivity index (χ1n) is 6.46. The molecule has 0 fully saturated rings. The van der Waals surface area contributed by atoms with Crippen LogP contribution in [0, 0.1) is 6.92 Å². The van der Waals surface area contributed by atoms with Crippen molar-refractivity contribution in [2.24, 2.45) is 0 Å². The molecule has 1 heterocycles. The van der Waals surface area contributed by atoms with E-state index in [9.17, 15) is 4.79 Å². The van der Waals surface area contributed by atoms with E-state index in [1.165, 1.54) is 4.90 Å². The molecule has 102 valence electrons. The number of fused-ring (bicyclic) bond motifs is 1. The highest BCUT2D eigenvalue weighted by Gasteiger charge is 2.23. The van der Waals surface area contributed by atoms with Crippen LogP contribution >= 0.6 is 27.7 Å². The second kappa shape index (κ2) is 5.62. The third-order valence-electron chi connectivity index (χ3n) is 3.39. The molecule has 0 saturated carbocycles. The van der Waals surface area contributed by atoms with Gasteiger partial charge in [0, 0.05) is 27.2 Å². The van der Waals surface area contributed by atoms with Gasteiger partial charge in [-0.05, 0) is 36.8 Å². The molecule has 0 saturated heterocycles. The summed E-state index contributed by atoms with van der Waals surface area (Å²) >= 11 is 5.30. The smallest absolute Gasteiger partial charge is 0.258 e. The van der Waals surface area contributed by atoms with Gasteiger partial charge < -0.3 is 4.90 Å². The number of hydrogen-bond donors (Lipinski definition) is 0. The van der Waals surface area contributed by atoms with Crippen molar-refractivity contribution in [3.8, 4) is 0 Å². The molecule has 0 unspecified atom stereocenters. The third kappa shape index (κ3) is 2.50. The molecule has 0 aromatic heterocycles. The first-order chi connectivity index (χ1) is 9.66. The summed E-state index contributed by atoms with van der Waals surface area (Å²) in [6, 6.07) is 13.9. The fraction of sp³-hybridized carbons (Fsp3) is 0.188. The molecular weight excluding hydrogens is 334 g/mol. The monoisotopic (exact) mass is 347 g/mol. The normalized spacial score (nSPS) is 14.0. The van der Waals surface area contributed by atoms with E-state index in [-0.39, 0.29) is 5.91 Å². The van der Waals surface area contributed by atoms with Crippen molar-refractivity contribution >= 4 is 39.3 Å². The molecule has 4 heteroatoms. The summed E-state index contributed by atoms with van der Waals surface area (Å²) in [4.78, 5) is 15.8. The SMILES string of the molecule is Cc1ccc(C(=O)N2CCSc3ccccc32)cc1Br. The molecule has 0 spiro atoms. The number of rotatable bonds is 1. The molecule has 0 aliphatic carbocycles. The largest absolute Gasteiger partial charge is 0.306 e. The van der Waals surface area contributed by atoms with Gasteiger partial charge in [0.1, 0.15) is 0 Å². The van der Waals surface area contributed by atoms with Crippen LogP contribution in [-0.4, -0.2) is 18.2 Å². The number of benzene rings is 2. The first kappa shape index (κ1) is 13.7. The van der Waals surface area contributed by atoms with Gasteiger partial charge in [-0.2, -0.15) is 0 Å². The van der Waals surface area contributed by atoms with Gasteiger partial charge >= 0.3 is 0 Å². The Balaban J connectivity index is 1.97. The summed E-state index contributed by atoms with van der Waals surface area (Å²) in [7, 11) is 0. The van der Waals surface area contributed by atoms with E-state index in [1.54, 1.807) is 0 Å². The lowest BCUT2D eigenvalue weighted by atomic mass is 10.1. The van der Waals surface area contributed by atoms with Gasteiger partial charge in [-0.3, -0.25) is 4.79 Å².